The highest BCUT2D eigenvalue weighted by Gasteiger charge is 2.10. The molecule has 0 unspecified atom stereocenters. The molecule has 2 aromatic rings. The van der Waals surface area contributed by atoms with E-state index in [0.717, 1.165) is 24.5 Å². The predicted molar refractivity (Wildman–Crippen MR) is 106 cm³/mol. The van der Waals surface area contributed by atoms with Gasteiger partial charge < -0.3 is 9.80 Å². The topological polar surface area (TPSA) is 18.8 Å². The molecule has 0 aliphatic heterocycles. The first-order valence-electron chi connectivity index (χ1n) is 8.22. The molecular formula is C20H26ClN3. The zero-order valence-corrected chi connectivity index (χ0v) is 15.9. The van der Waals surface area contributed by atoms with Crippen LogP contribution in [0.2, 0.25) is 5.02 Å². The van der Waals surface area contributed by atoms with Gasteiger partial charge in [0.2, 0.25) is 0 Å². The Labute approximate surface area is 150 Å². The van der Waals surface area contributed by atoms with Gasteiger partial charge in [0.05, 0.1) is 17.0 Å². The molecule has 4 heteroatoms. The molecule has 0 bridgehead atoms. The van der Waals surface area contributed by atoms with Gasteiger partial charge in [-0.05, 0) is 44.0 Å². The number of nitrogens with zero attached hydrogens (tertiary/aromatic N) is 3. The van der Waals surface area contributed by atoms with Crippen molar-refractivity contribution in [3.63, 3.8) is 0 Å². The average molecular weight is 344 g/mol. The quantitative estimate of drug-likeness (QED) is 0.530. The molecule has 0 fully saturated rings. The largest absolute Gasteiger partial charge is 0.370 e. The van der Waals surface area contributed by atoms with E-state index in [-0.39, 0.29) is 0 Å². The van der Waals surface area contributed by atoms with E-state index in [1.807, 2.05) is 30.4 Å². The molecule has 24 heavy (non-hydrogen) atoms. The molecule has 128 valence electrons. The van der Waals surface area contributed by atoms with Gasteiger partial charge in [-0.15, -0.1) is 0 Å². The Morgan fingerprint density at radius 2 is 1.88 bits per heavy atom. The summed E-state index contributed by atoms with van der Waals surface area (Å²) in [5.41, 5.74) is 5.67. The average Bonchev–Trinajstić information content (AvgIpc) is 2.54. The van der Waals surface area contributed by atoms with E-state index in [1.54, 1.807) is 0 Å². The number of aryl methyl sites for hydroxylation is 2. The number of rotatable bonds is 6. The van der Waals surface area contributed by atoms with Crippen LogP contribution in [0.5, 0.6) is 0 Å². The van der Waals surface area contributed by atoms with Crippen molar-refractivity contribution in [2.75, 3.05) is 25.5 Å². The van der Waals surface area contributed by atoms with Crippen LogP contribution in [0.4, 0.5) is 11.4 Å². The van der Waals surface area contributed by atoms with E-state index in [9.17, 15) is 0 Å². The first kappa shape index (κ1) is 18.3. The summed E-state index contributed by atoms with van der Waals surface area (Å²) in [6, 6.07) is 12.6. The van der Waals surface area contributed by atoms with Crippen molar-refractivity contribution in [3.05, 3.63) is 58.1 Å². The standard InChI is InChI=1S/C20H26ClN3/c1-6-23(4)14-22-19-11-16(3)20(12-18(19)21)24(5)13-17-9-7-8-15(2)10-17/h7-12,14H,6,13H2,1-5H3. The summed E-state index contributed by atoms with van der Waals surface area (Å²) >= 11 is 6.44. The lowest BCUT2D eigenvalue weighted by Crippen LogP contribution is -2.17. The molecule has 0 aromatic heterocycles. The molecule has 0 amide bonds. The van der Waals surface area contributed by atoms with Crippen LogP contribution in [0.1, 0.15) is 23.6 Å². The minimum atomic E-state index is 0.674. The molecule has 2 aromatic carbocycles. The summed E-state index contributed by atoms with van der Waals surface area (Å²) in [6.45, 7) is 8.06. The number of hydrogen-bond donors (Lipinski definition) is 0. The molecule has 0 heterocycles. The molecule has 0 aliphatic carbocycles. The van der Waals surface area contributed by atoms with Crippen LogP contribution >= 0.6 is 11.6 Å². The molecule has 0 N–H and O–H groups in total. The van der Waals surface area contributed by atoms with Crippen LogP contribution in [-0.4, -0.2) is 31.9 Å². The maximum absolute atomic E-state index is 6.44. The molecule has 0 atom stereocenters. The molecule has 0 radical (unpaired) electrons. The lowest BCUT2D eigenvalue weighted by Gasteiger charge is -2.22. The maximum atomic E-state index is 6.44. The number of halogens is 1. The van der Waals surface area contributed by atoms with Crippen LogP contribution in [0, 0.1) is 13.8 Å². The Morgan fingerprint density at radius 1 is 1.12 bits per heavy atom. The van der Waals surface area contributed by atoms with Crippen molar-refractivity contribution in [2.45, 2.75) is 27.3 Å². The van der Waals surface area contributed by atoms with Crippen molar-refractivity contribution < 1.29 is 0 Å². The van der Waals surface area contributed by atoms with E-state index in [1.165, 1.54) is 16.7 Å². The van der Waals surface area contributed by atoms with Gasteiger partial charge in [0.25, 0.3) is 0 Å². The fraction of sp³-hybridized carbons (Fsp3) is 0.350. The molecular weight excluding hydrogens is 318 g/mol. The second-order valence-electron chi connectivity index (χ2n) is 6.25. The van der Waals surface area contributed by atoms with Gasteiger partial charge in [-0.1, -0.05) is 41.4 Å². The van der Waals surface area contributed by atoms with Gasteiger partial charge in [-0.25, -0.2) is 4.99 Å². The zero-order valence-electron chi connectivity index (χ0n) is 15.2. The van der Waals surface area contributed by atoms with Crippen molar-refractivity contribution in [3.8, 4) is 0 Å². The molecule has 0 spiro atoms. The third-order valence-electron chi connectivity index (χ3n) is 4.07. The third kappa shape index (κ3) is 4.75. The summed E-state index contributed by atoms with van der Waals surface area (Å²) in [7, 11) is 4.09. The fourth-order valence-electron chi connectivity index (χ4n) is 2.58. The normalized spacial score (nSPS) is 11.1. The predicted octanol–water partition coefficient (Wildman–Crippen LogP) is 5.20. The van der Waals surface area contributed by atoms with Gasteiger partial charge in [-0.2, -0.15) is 0 Å². The second-order valence-corrected chi connectivity index (χ2v) is 6.66. The van der Waals surface area contributed by atoms with E-state index in [4.69, 9.17) is 11.6 Å². The van der Waals surface area contributed by atoms with Gasteiger partial charge in [-0.3, -0.25) is 0 Å². The molecule has 2 rings (SSSR count). The molecule has 3 nitrogen and oxygen atoms in total. The Morgan fingerprint density at radius 3 is 2.54 bits per heavy atom. The molecule has 0 saturated heterocycles. The van der Waals surface area contributed by atoms with Crippen LogP contribution in [0.25, 0.3) is 0 Å². The molecule has 0 aliphatic rings. The van der Waals surface area contributed by atoms with E-state index in [2.05, 4.69) is 62.0 Å². The summed E-state index contributed by atoms with van der Waals surface area (Å²) in [4.78, 5) is 8.73. The first-order chi connectivity index (χ1) is 11.4. The van der Waals surface area contributed by atoms with Gasteiger partial charge >= 0.3 is 0 Å². The van der Waals surface area contributed by atoms with Crippen LogP contribution in [-0.2, 0) is 6.54 Å². The highest BCUT2D eigenvalue weighted by Crippen LogP contribution is 2.33. The van der Waals surface area contributed by atoms with Gasteiger partial charge in [0.1, 0.15) is 0 Å². The summed E-state index contributed by atoms with van der Waals surface area (Å²) in [5, 5.41) is 0.674. The van der Waals surface area contributed by atoms with E-state index >= 15 is 0 Å². The minimum absolute atomic E-state index is 0.674. The van der Waals surface area contributed by atoms with Crippen molar-refractivity contribution in [1.82, 2.24) is 4.90 Å². The Hall–Kier alpha value is -2.00. The SMILES string of the molecule is CCN(C)C=Nc1cc(C)c(N(C)Cc2cccc(C)c2)cc1Cl. The van der Waals surface area contributed by atoms with Crippen LogP contribution in [0.3, 0.4) is 0 Å². The van der Waals surface area contributed by atoms with E-state index in [0.29, 0.717) is 5.02 Å². The Kier molecular flexibility index (Phi) is 6.27. The van der Waals surface area contributed by atoms with Crippen molar-refractivity contribution >= 4 is 29.3 Å². The second kappa shape index (κ2) is 8.20. The summed E-state index contributed by atoms with van der Waals surface area (Å²) in [6.07, 6.45) is 1.82. The highest BCUT2D eigenvalue weighted by molar-refractivity contribution is 6.33. The minimum Gasteiger partial charge on any atom is -0.370 e. The Bertz CT molecular complexity index is 725. The summed E-state index contributed by atoms with van der Waals surface area (Å²) < 4.78 is 0. The van der Waals surface area contributed by atoms with Gasteiger partial charge in [0.15, 0.2) is 0 Å². The number of aliphatic imine (C=N–C) groups is 1. The smallest absolute Gasteiger partial charge is 0.0910 e. The number of benzene rings is 2. The maximum Gasteiger partial charge on any atom is 0.0910 e. The lowest BCUT2D eigenvalue weighted by atomic mass is 10.1. The number of anilines is 1. The third-order valence-corrected chi connectivity index (χ3v) is 4.37. The first-order valence-corrected chi connectivity index (χ1v) is 8.59. The highest BCUT2D eigenvalue weighted by atomic mass is 35.5. The Balaban J connectivity index is 2.21. The van der Waals surface area contributed by atoms with Crippen molar-refractivity contribution in [1.29, 1.82) is 0 Å². The van der Waals surface area contributed by atoms with E-state index < -0.39 is 0 Å². The van der Waals surface area contributed by atoms with Crippen LogP contribution in [0.15, 0.2) is 41.4 Å². The molecule has 0 saturated carbocycles. The fourth-order valence-corrected chi connectivity index (χ4v) is 2.78. The number of hydrogen-bond acceptors (Lipinski definition) is 2. The monoisotopic (exact) mass is 343 g/mol. The zero-order chi connectivity index (χ0) is 17.7. The lowest BCUT2D eigenvalue weighted by molar-refractivity contribution is 0.552. The van der Waals surface area contributed by atoms with Crippen molar-refractivity contribution in [2.24, 2.45) is 4.99 Å². The summed E-state index contributed by atoms with van der Waals surface area (Å²) in [5.74, 6) is 0. The van der Waals surface area contributed by atoms with Crippen LogP contribution < -0.4 is 4.90 Å². The van der Waals surface area contributed by atoms with Gasteiger partial charge in [0, 0.05) is 32.9 Å².